The molecule has 0 radical (unpaired) electrons. The lowest BCUT2D eigenvalue weighted by atomic mass is 10.2. The second kappa shape index (κ2) is 6.54. The highest BCUT2D eigenvalue weighted by molar-refractivity contribution is 6.30. The number of rotatable bonds is 4. The number of benzene rings is 2. The Morgan fingerprint density at radius 2 is 1.91 bits per heavy atom. The average molecular weight is 329 g/mol. The summed E-state index contributed by atoms with van der Waals surface area (Å²) in [6.45, 7) is 0.00656. The Hall–Kier alpha value is -2.79. The summed E-state index contributed by atoms with van der Waals surface area (Å²) in [6.07, 6.45) is 0. The van der Waals surface area contributed by atoms with E-state index in [2.05, 4.69) is 10.6 Å². The Balaban J connectivity index is 1.70. The Bertz CT molecular complexity index is 921. The van der Waals surface area contributed by atoms with Crippen molar-refractivity contribution in [2.45, 2.75) is 0 Å². The topological polar surface area (TPSA) is 71.3 Å². The van der Waals surface area contributed by atoms with Gasteiger partial charge in [0.2, 0.25) is 5.91 Å². The van der Waals surface area contributed by atoms with Gasteiger partial charge in [0.25, 0.3) is 0 Å². The summed E-state index contributed by atoms with van der Waals surface area (Å²) in [5.41, 5.74) is 0.729. The van der Waals surface area contributed by atoms with E-state index in [9.17, 15) is 9.59 Å². The van der Waals surface area contributed by atoms with Crippen LogP contribution in [0, 0.1) is 0 Å². The van der Waals surface area contributed by atoms with Crippen molar-refractivity contribution >= 4 is 39.9 Å². The third-order valence-electron chi connectivity index (χ3n) is 3.19. The van der Waals surface area contributed by atoms with Gasteiger partial charge in [-0.25, -0.2) is 4.79 Å². The Kier molecular flexibility index (Phi) is 4.30. The van der Waals surface area contributed by atoms with Crippen LogP contribution in [0.15, 0.2) is 63.8 Å². The first-order chi connectivity index (χ1) is 11.1. The number of nitrogens with one attached hydrogen (secondary N) is 2. The van der Waals surface area contributed by atoms with Crippen LogP contribution in [0.4, 0.5) is 11.4 Å². The third-order valence-corrected chi connectivity index (χ3v) is 3.43. The number of hydrogen-bond donors (Lipinski definition) is 2. The number of fused-ring (bicyclic) bond motifs is 1. The lowest BCUT2D eigenvalue weighted by Crippen LogP contribution is -2.24. The number of hydrogen-bond acceptors (Lipinski definition) is 4. The molecular weight excluding hydrogens is 316 g/mol. The minimum absolute atomic E-state index is 0.00656. The van der Waals surface area contributed by atoms with Crippen LogP contribution in [0.5, 0.6) is 0 Å². The van der Waals surface area contributed by atoms with Crippen molar-refractivity contribution in [3.63, 3.8) is 0 Å². The van der Waals surface area contributed by atoms with Crippen molar-refractivity contribution < 1.29 is 9.21 Å². The molecule has 0 aliphatic heterocycles. The van der Waals surface area contributed by atoms with Crippen molar-refractivity contribution in [1.29, 1.82) is 0 Å². The number of anilines is 2. The van der Waals surface area contributed by atoms with Gasteiger partial charge in [-0.05, 0) is 30.3 Å². The third kappa shape index (κ3) is 3.70. The fourth-order valence-corrected chi connectivity index (χ4v) is 2.31. The lowest BCUT2D eigenvalue weighted by Gasteiger charge is -2.08. The van der Waals surface area contributed by atoms with Gasteiger partial charge in [0.15, 0.2) is 0 Å². The smallest absolute Gasteiger partial charge is 0.360 e. The van der Waals surface area contributed by atoms with E-state index < -0.39 is 5.63 Å². The molecular formula is C17H13ClN2O3. The molecule has 0 saturated heterocycles. The van der Waals surface area contributed by atoms with Gasteiger partial charge in [0, 0.05) is 16.1 Å². The highest BCUT2D eigenvalue weighted by atomic mass is 35.5. The average Bonchev–Trinajstić information content (AvgIpc) is 2.54. The van der Waals surface area contributed by atoms with Crippen LogP contribution in [0.1, 0.15) is 0 Å². The number of carbonyl (C=O) groups excluding carboxylic acids is 1. The molecule has 0 fully saturated rings. The lowest BCUT2D eigenvalue weighted by molar-refractivity contribution is -0.114. The van der Waals surface area contributed by atoms with E-state index in [-0.39, 0.29) is 18.1 Å². The van der Waals surface area contributed by atoms with Crippen LogP contribution in [0.2, 0.25) is 5.02 Å². The largest absolute Gasteiger partial charge is 0.421 e. The van der Waals surface area contributed by atoms with Crippen molar-refractivity contribution in [3.05, 3.63) is 70.0 Å². The zero-order valence-corrected chi connectivity index (χ0v) is 12.8. The summed E-state index contributed by atoms with van der Waals surface area (Å²) in [6, 6.07) is 15.7. The maximum Gasteiger partial charge on any atom is 0.360 e. The molecule has 0 saturated carbocycles. The van der Waals surface area contributed by atoms with Gasteiger partial charge in [0.05, 0.1) is 6.54 Å². The first kappa shape index (κ1) is 15.1. The van der Waals surface area contributed by atoms with Crippen LogP contribution in [-0.4, -0.2) is 12.5 Å². The van der Waals surface area contributed by atoms with Gasteiger partial charge >= 0.3 is 5.63 Å². The summed E-state index contributed by atoms with van der Waals surface area (Å²) in [5.74, 6) is -0.354. The maximum absolute atomic E-state index is 12.0. The zero-order valence-electron chi connectivity index (χ0n) is 12.0. The van der Waals surface area contributed by atoms with Crippen LogP contribution in [-0.2, 0) is 4.79 Å². The molecule has 5 nitrogen and oxygen atoms in total. The number of amides is 1. The van der Waals surface area contributed by atoms with Gasteiger partial charge < -0.3 is 15.1 Å². The van der Waals surface area contributed by atoms with Crippen LogP contribution in [0.25, 0.3) is 11.0 Å². The van der Waals surface area contributed by atoms with Gasteiger partial charge in [-0.3, -0.25) is 4.79 Å². The van der Waals surface area contributed by atoms with E-state index in [0.717, 1.165) is 11.1 Å². The van der Waals surface area contributed by atoms with Gasteiger partial charge in [-0.1, -0.05) is 35.9 Å². The minimum Gasteiger partial charge on any atom is -0.421 e. The predicted octanol–water partition coefficient (Wildman–Crippen LogP) is 3.50. The first-order valence-electron chi connectivity index (χ1n) is 6.94. The number of para-hydroxylation sites is 1. The molecule has 1 aromatic heterocycles. The maximum atomic E-state index is 12.0. The standard InChI is InChI=1S/C17H13ClN2O3/c18-12-5-3-6-13(9-12)19-10-16(21)20-14-8-11-4-1-2-7-15(11)23-17(14)22/h1-9,19H,10H2,(H,20,21). The number of halogens is 1. The first-order valence-corrected chi connectivity index (χ1v) is 7.32. The Morgan fingerprint density at radius 3 is 2.74 bits per heavy atom. The highest BCUT2D eigenvalue weighted by Crippen LogP contribution is 2.16. The molecule has 0 atom stereocenters. The zero-order chi connectivity index (χ0) is 16.2. The molecule has 2 N–H and O–H groups in total. The minimum atomic E-state index is -0.584. The molecule has 0 aliphatic rings. The van der Waals surface area contributed by atoms with Gasteiger partial charge in [-0.2, -0.15) is 0 Å². The monoisotopic (exact) mass is 328 g/mol. The van der Waals surface area contributed by atoms with Crippen molar-refractivity contribution in [3.8, 4) is 0 Å². The molecule has 3 rings (SSSR count). The van der Waals surface area contributed by atoms with Crippen LogP contribution < -0.4 is 16.3 Å². The van der Waals surface area contributed by atoms with Crippen molar-refractivity contribution in [2.75, 3.05) is 17.2 Å². The van der Waals surface area contributed by atoms with Crippen LogP contribution >= 0.6 is 11.6 Å². The molecule has 6 heteroatoms. The van der Waals surface area contributed by atoms with Gasteiger partial charge in [-0.15, -0.1) is 0 Å². The molecule has 0 aliphatic carbocycles. The molecule has 3 aromatic rings. The molecule has 116 valence electrons. The quantitative estimate of drug-likeness (QED) is 0.719. The molecule has 0 spiro atoms. The fraction of sp³-hybridized carbons (Fsp3) is 0.0588. The number of carbonyl (C=O) groups is 1. The summed E-state index contributed by atoms with van der Waals surface area (Å²) < 4.78 is 5.16. The summed E-state index contributed by atoms with van der Waals surface area (Å²) in [5, 5.41) is 6.80. The van der Waals surface area contributed by atoms with E-state index >= 15 is 0 Å². The van der Waals surface area contributed by atoms with E-state index in [1.165, 1.54) is 0 Å². The summed E-state index contributed by atoms with van der Waals surface area (Å²) >= 11 is 5.87. The molecule has 2 aromatic carbocycles. The van der Waals surface area contributed by atoms with E-state index in [1.54, 1.807) is 48.5 Å². The second-order valence-corrected chi connectivity index (χ2v) is 5.33. The Labute approximate surface area is 136 Å². The Morgan fingerprint density at radius 1 is 1.09 bits per heavy atom. The highest BCUT2D eigenvalue weighted by Gasteiger charge is 2.09. The summed E-state index contributed by atoms with van der Waals surface area (Å²) in [7, 11) is 0. The van der Waals surface area contributed by atoms with E-state index in [1.807, 2.05) is 6.07 Å². The fourth-order valence-electron chi connectivity index (χ4n) is 2.12. The molecule has 1 amide bonds. The second-order valence-electron chi connectivity index (χ2n) is 4.90. The molecule has 0 unspecified atom stereocenters. The molecule has 0 bridgehead atoms. The van der Waals surface area contributed by atoms with E-state index in [4.69, 9.17) is 16.0 Å². The van der Waals surface area contributed by atoms with Gasteiger partial charge in [0.1, 0.15) is 11.3 Å². The molecule has 23 heavy (non-hydrogen) atoms. The molecule has 1 heterocycles. The van der Waals surface area contributed by atoms with Crippen molar-refractivity contribution in [1.82, 2.24) is 0 Å². The van der Waals surface area contributed by atoms with Crippen molar-refractivity contribution in [2.24, 2.45) is 0 Å². The predicted molar refractivity (Wildman–Crippen MR) is 91.1 cm³/mol. The normalized spacial score (nSPS) is 10.5. The SMILES string of the molecule is O=C(CNc1cccc(Cl)c1)Nc1cc2ccccc2oc1=O. The van der Waals surface area contributed by atoms with E-state index in [0.29, 0.717) is 10.6 Å². The summed E-state index contributed by atoms with van der Waals surface area (Å²) in [4.78, 5) is 23.8. The van der Waals surface area contributed by atoms with Crippen LogP contribution in [0.3, 0.4) is 0 Å².